The second-order valence-electron chi connectivity index (χ2n) is 12.8. The number of pyridine rings is 1. The molecule has 14 heteroatoms. The van der Waals surface area contributed by atoms with Crippen molar-refractivity contribution in [3.63, 3.8) is 0 Å². The molecule has 8 rings (SSSR count). The highest BCUT2D eigenvalue weighted by Crippen LogP contribution is 2.41. The van der Waals surface area contributed by atoms with E-state index >= 15 is 4.39 Å². The maximum absolute atomic E-state index is 15.2. The maximum Gasteiger partial charge on any atom is 0.255 e. The minimum Gasteiger partial charge on any atom is -0.455 e. The number of sulfonamides is 1. The van der Waals surface area contributed by atoms with Gasteiger partial charge in [0.1, 0.15) is 34.3 Å². The Morgan fingerprint density at radius 2 is 1.82 bits per heavy atom. The highest BCUT2D eigenvalue weighted by molar-refractivity contribution is 7.92. The van der Waals surface area contributed by atoms with Crippen LogP contribution in [-0.4, -0.2) is 78.2 Å². The number of anilines is 1. The van der Waals surface area contributed by atoms with E-state index in [4.69, 9.17) is 14.4 Å². The predicted molar refractivity (Wildman–Crippen MR) is 191 cm³/mol. The summed E-state index contributed by atoms with van der Waals surface area (Å²) in [5, 5.41) is 13.6. The molecule has 1 aliphatic heterocycles. The number of fused-ring (bicyclic) bond motifs is 6. The number of hydrogen-bond donors (Lipinski definition) is 2. The molecule has 0 aliphatic carbocycles. The summed E-state index contributed by atoms with van der Waals surface area (Å²) < 4.78 is 64.1. The summed E-state index contributed by atoms with van der Waals surface area (Å²) in [5.74, 6) is -0.471. The van der Waals surface area contributed by atoms with Gasteiger partial charge in [0.25, 0.3) is 5.91 Å². The first-order valence-electron chi connectivity index (χ1n) is 16.2. The quantitative estimate of drug-likeness (QED) is 0.215. The highest BCUT2D eigenvalue weighted by Gasteiger charge is 2.28. The first-order chi connectivity index (χ1) is 24.4. The Morgan fingerprint density at radius 1 is 1.04 bits per heavy atom. The predicted octanol–water partition coefficient (Wildman–Crippen LogP) is 5.72. The van der Waals surface area contributed by atoms with Crippen molar-refractivity contribution in [2.45, 2.75) is 19.1 Å². The molecule has 0 radical (unpaired) electrons. The largest absolute Gasteiger partial charge is 0.455 e. The third-order valence-corrected chi connectivity index (χ3v) is 10.7. The van der Waals surface area contributed by atoms with Gasteiger partial charge in [0.2, 0.25) is 10.0 Å². The van der Waals surface area contributed by atoms with Crippen molar-refractivity contribution < 1.29 is 31.5 Å². The standard InChI is InChI=1S/C37H32F2N6O5S/c1-40-37(47)34-25-15-24(30(43(2)51(3,48)49)17-32(25)50-36(34)20-7-9-21(38)10-8-20)27-11-12-28-35(42-27)31-16-23-26(39)5-4-6-29(23)45(31)33(41-28)19-44-14-13-22(46)18-44/h4-12,15-17,22,46H,13-14,18-19H2,1-3H3,(H,40,47)/t22-/m0/s1. The molecule has 0 spiro atoms. The molecule has 1 atom stereocenters. The molecule has 1 fully saturated rings. The van der Waals surface area contributed by atoms with E-state index < -0.39 is 33.7 Å². The molecule has 1 amide bonds. The van der Waals surface area contributed by atoms with E-state index in [1.165, 1.54) is 44.4 Å². The molecule has 5 heterocycles. The van der Waals surface area contributed by atoms with Crippen molar-refractivity contribution in [1.82, 2.24) is 24.6 Å². The van der Waals surface area contributed by atoms with Crippen molar-refractivity contribution in [1.29, 1.82) is 0 Å². The van der Waals surface area contributed by atoms with Crippen LogP contribution in [0.5, 0.6) is 0 Å². The van der Waals surface area contributed by atoms with Gasteiger partial charge in [0.15, 0.2) is 0 Å². The zero-order chi connectivity index (χ0) is 35.8. The van der Waals surface area contributed by atoms with Crippen LogP contribution in [0, 0.1) is 11.6 Å². The summed E-state index contributed by atoms with van der Waals surface area (Å²) in [4.78, 5) is 25.5. The van der Waals surface area contributed by atoms with E-state index in [2.05, 4.69) is 10.2 Å². The fourth-order valence-electron chi connectivity index (χ4n) is 6.91. The smallest absolute Gasteiger partial charge is 0.255 e. The topological polar surface area (TPSA) is 133 Å². The number of nitrogens with zero attached hydrogens (tertiary/aromatic N) is 5. The van der Waals surface area contributed by atoms with Gasteiger partial charge in [-0.2, -0.15) is 0 Å². The molecule has 1 saturated heterocycles. The fourth-order valence-corrected chi connectivity index (χ4v) is 7.42. The number of benzene rings is 3. The van der Waals surface area contributed by atoms with E-state index in [-0.39, 0.29) is 22.6 Å². The summed E-state index contributed by atoms with van der Waals surface area (Å²) in [7, 11) is -0.901. The van der Waals surface area contributed by atoms with Gasteiger partial charge in [-0.25, -0.2) is 27.2 Å². The van der Waals surface area contributed by atoms with Crippen molar-refractivity contribution in [3.05, 3.63) is 95.8 Å². The lowest BCUT2D eigenvalue weighted by atomic mass is 10.0. The van der Waals surface area contributed by atoms with Crippen molar-refractivity contribution in [2.75, 3.05) is 37.7 Å². The average molecular weight is 711 g/mol. The molecule has 11 nitrogen and oxygen atoms in total. The lowest BCUT2D eigenvalue weighted by Gasteiger charge is -2.21. The Kier molecular flexibility index (Phi) is 7.78. The van der Waals surface area contributed by atoms with E-state index in [1.54, 1.807) is 36.4 Å². The van der Waals surface area contributed by atoms with Crippen LogP contribution in [0.15, 0.2) is 77.2 Å². The van der Waals surface area contributed by atoms with Crippen LogP contribution in [0.3, 0.4) is 0 Å². The normalized spacial score (nSPS) is 15.5. The molecule has 1 aliphatic rings. The van der Waals surface area contributed by atoms with Gasteiger partial charge in [0.05, 0.1) is 52.4 Å². The Balaban J connectivity index is 1.39. The maximum atomic E-state index is 15.2. The number of amides is 1. The molecular weight excluding hydrogens is 679 g/mol. The van der Waals surface area contributed by atoms with Gasteiger partial charge in [-0.1, -0.05) is 6.07 Å². The van der Waals surface area contributed by atoms with Crippen LogP contribution in [0.1, 0.15) is 22.6 Å². The molecule has 51 heavy (non-hydrogen) atoms. The third-order valence-electron chi connectivity index (χ3n) is 9.51. The van der Waals surface area contributed by atoms with Gasteiger partial charge in [0, 0.05) is 55.2 Å². The lowest BCUT2D eigenvalue weighted by Crippen LogP contribution is -2.25. The second kappa shape index (κ2) is 12.1. The minimum absolute atomic E-state index is 0.184. The second-order valence-corrected chi connectivity index (χ2v) is 14.8. The SMILES string of the molecule is CNC(=O)c1c(-c2ccc(F)cc2)oc2cc(N(C)S(C)(=O)=O)c(-c3ccc4nc(CN5CC[C@H](O)C5)n5c6cccc(F)c6cc5c4n3)cc12. The fraction of sp³-hybridized carbons (Fsp3) is 0.216. The molecule has 4 aromatic heterocycles. The Hall–Kier alpha value is -5.44. The van der Waals surface area contributed by atoms with E-state index in [0.717, 1.165) is 10.6 Å². The number of furan rings is 1. The number of hydrogen-bond acceptors (Lipinski definition) is 8. The first-order valence-corrected chi connectivity index (χ1v) is 18.1. The first kappa shape index (κ1) is 32.7. The van der Waals surface area contributed by atoms with Gasteiger partial charge in [-0.15, -0.1) is 0 Å². The van der Waals surface area contributed by atoms with E-state index in [1.807, 2.05) is 10.5 Å². The number of halogens is 2. The van der Waals surface area contributed by atoms with Crippen LogP contribution in [0.2, 0.25) is 0 Å². The van der Waals surface area contributed by atoms with Crippen LogP contribution >= 0.6 is 0 Å². The molecular formula is C37H32F2N6O5S. The summed E-state index contributed by atoms with van der Waals surface area (Å²) in [6.07, 6.45) is 1.30. The number of aliphatic hydroxyl groups excluding tert-OH is 1. The average Bonchev–Trinajstić information content (AvgIpc) is 3.82. The van der Waals surface area contributed by atoms with E-state index in [0.29, 0.717) is 81.5 Å². The number of aromatic nitrogens is 3. The molecule has 2 N–H and O–H groups in total. The van der Waals surface area contributed by atoms with Crippen LogP contribution in [0.25, 0.3) is 61.0 Å². The van der Waals surface area contributed by atoms with Gasteiger partial charge in [-0.05, 0) is 67.1 Å². The van der Waals surface area contributed by atoms with Gasteiger partial charge in [-0.3, -0.25) is 18.4 Å². The summed E-state index contributed by atoms with van der Waals surface area (Å²) in [6, 6.07) is 18.8. The Labute approximate surface area is 290 Å². The molecule has 3 aromatic carbocycles. The number of aliphatic hydroxyl groups is 1. The minimum atomic E-state index is -3.79. The van der Waals surface area contributed by atoms with Crippen LogP contribution < -0.4 is 9.62 Å². The number of carbonyl (C=O) groups excluding carboxylic acids is 1. The van der Waals surface area contributed by atoms with Gasteiger partial charge >= 0.3 is 0 Å². The molecule has 260 valence electrons. The molecule has 0 bridgehead atoms. The summed E-state index contributed by atoms with van der Waals surface area (Å²) >= 11 is 0. The van der Waals surface area contributed by atoms with Crippen LogP contribution in [0.4, 0.5) is 14.5 Å². The Morgan fingerprint density at radius 3 is 2.53 bits per heavy atom. The lowest BCUT2D eigenvalue weighted by molar-refractivity contribution is 0.0964. The Bertz CT molecular complexity index is 2660. The van der Waals surface area contributed by atoms with E-state index in [9.17, 15) is 22.7 Å². The number of carbonyl (C=O) groups is 1. The van der Waals surface area contributed by atoms with Crippen LogP contribution in [-0.2, 0) is 16.6 Å². The van der Waals surface area contributed by atoms with Gasteiger partial charge < -0.3 is 14.8 Å². The molecule has 7 aromatic rings. The highest BCUT2D eigenvalue weighted by atomic mass is 32.2. The monoisotopic (exact) mass is 710 g/mol. The molecule has 0 unspecified atom stereocenters. The summed E-state index contributed by atoms with van der Waals surface area (Å²) in [5.41, 5.74) is 4.06. The zero-order valence-electron chi connectivity index (χ0n) is 27.8. The third kappa shape index (κ3) is 5.55. The number of nitrogens with one attached hydrogen (secondary N) is 1. The number of likely N-dealkylation sites (tertiary alicyclic amines) is 1. The zero-order valence-corrected chi connectivity index (χ0v) is 28.6. The number of rotatable bonds is 7. The summed E-state index contributed by atoms with van der Waals surface area (Å²) in [6.45, 7) is 1.62. The van der Waals surface area contributed by atoms with Crippen molar-refractivity contribution in [3.8, 4) is 22.6 Å². The number of β-amino-alcohol motifs (C(OH)–C–C–N with tert-alkyl or cyclic N) is 1. The van der Waals surface area contributed by atoms with Crippen molar-refractivity contribution >= 4 is 60.0 Å². The molecule has 0 saturated carbocycles. The van der Waals surface area contributed by atoms with Crippen molar-refractivity contribution in [2.24, 2.45) is 0 Å².